The lowest BCUT2D eigenvalue weighted by molar-refractivity contribution is -0.141. The highest BCUT2D eigenvalue weighted by Gasteiger charge is 2.31. The molecular formula is C12H14F3NO4S. The minimum atomic E-state index is -4.64. The van der Waals surface area contributed by atoms with Gasteiger partial charge in [0.1, 0.15) is 0 Å². The number of sulfonamides is 1. The van der Waals surface area contributed by atoms with E-state index in [1.807, 2.05) is 0 Å². The van der Waals surface area contributed by atoms with Crippen molar-refractivity contribution in [2.45, 2.75) is 30.5 Å². The van der Waals surface area contributed by atoms with Gasteiger partial charge in [-0.05, 0) is 25.1 Å². The molecule has 0 radical (unpaired) electrons. The van der Waals surface area contributed by atoms with Crippen LogP contribution in [0.4, 0.5) is 13.2 Å². The molecule has 0 aliphatic heterocycles. The zero-order valence-corrected chi connectivity index (χ0v) is 12.1. The zero-order valence-electron chi connectivity index (χ0n) is 11.3. The summed E-state index contributed by atoms with van der Waals surface area (Å²) in [5, 5.41) is 0. The molecule has 1 atom stereocenters. The van der Waals surface area contributed by atoms with E-state index in [1.165, 1.54) is 6.92 Å². The van der Waals surface area contributed by atoms with Gasteiger partial charge in [0.2, 0.25) is 10.0 Å². The van der Waals surface area contributed by atoms with E-state index in [0.29, 0.717) is 6.07 Å². The quantitative estimate of drug-likeness (QED) is 0.840. The van der Waals surface area contributed by atoms with Crippen LogP contribution in [0.15, 0.2) is 29.2 Å². The largest absolute Gasteiger partial charge is 0.469 e. The van der Waals surface area contributed by atoms with Gasteiger partial charge in [-0.25, -0.2) is 13.1 Å². The molecule has 21 heavy (non-hydrogen) atoms. The Kier molecular flexibility index (Phi) is 5.35. The molecule has 0 aromatic heterocycles. The number of ether oxygens (including phenoxy) is 1. The lowest BCUT2D eigenvalue weighted by atomic mass is 10.2. The number of halogens is 3. The van der Waals surface area contributed by atoms with Gasteiger partial charge in [-0.15, -0.1) is 0 Å². The number of alkyl halides is 3. The van der Waals surface area contributed by atoms with Crippen molar-refractivity contribution < 1.29 is 31.1 Å². The highest BCUT2D eigenvalue weighted by Crippen LogP contribution is 2.30. The molecule has 0 bridgehead atoms. The maximum absolute atomic E-state index is 12.6. The molecule has 0 fully saturated rings. The van der Waals surface area contributed by atoms with E-state index in [9.17, 15) is 26.4 Å². The Morgan fingerprint density at radius 1 is 1.38 bits per heavy atom. The second-order valence-electron chi connectivity index (χ2n) is 4.33. The maximum Gasteiger partial charge on any atom is 0.416 e. The van der Waals surface area contributed by atoms with Crippen molar-refractivity contribution in [2.24, 2.45) is 0 Å². The van der Waals surface area contributed by atoms with E-state index in [1.54, 1.807) is 0 Å². The monoisotopic (exact) mass is 325 g/mol. The smallest absolute Gasteiger partial charge is 0.416 e. The second kappa shape index (κ2) is 6.44. The number of hydrogen-bond donors (Lipinski definition) is 1. The average molecular weight is 325 g/mol. The summed E-state index contributed by atoms with van der Waals surface area (Å²) in [6.45, 7) is 1.40. The first-order chi connectivity index (χ1) is 9.56. The summed E-state index contributed by atoms with van der Waals surface area (Å²) >= 11 is 0. The summed E-state index contributed by atoms with van der Waals surface area (Å²) in [5.74, 6) is -0.630. The van der Waals surface area contributed by atoms with Crippen LogP contribution in [0, 0.1) is 0 Å². The summed E-state index contributed by atoms with van der Waals surface area (Å²) in [6.07, 6.45) is -4.86. The molecule has 0 amide bonds. The molecule has 5 nitrogen and oxygen atoms in total. The van der Waals surface area contributed by atoms with Crippen LogP contribution in [0.1, 0.15) is 18.9 Å². The Balaban J connectivity index is 2.96. The minimum absolute atomic E-state index is 0.227. The Morgan fingerprint density at radius 2 is 2.00 bits per heavy atom. The van der Waals surface area contributed by atoms with E-state index in [0.717, 1.165) is 25.3 Å². The number of carbonyl (C=O) groups is 1. The fourth-order valence-electron chi connectivity index (χ4n) is 1.55. The maximum atomic E-state index is 12.6. The molecule has 1 unspecified atom stereocenters. The van der Waals surface area contributed by atoms with Gasteiger partial charge < -0.3 is 4.74 Å². The van der Waals surface area contributed by atoms with Crippen LogP contribution in [0.2, 0.25) is 0 Å². The zero-order chi connectivity index (χ0) is 16.3. The first kappa shape index (κ1) is 17.4. The minimum Gasteiger partial charge on any atom is -0.469 e. The second-order valence-corrected chi connectivity index (χ2v) is 6.04. The molecule has 1 aromatic carbocycles. The topological polar surface area (TPSA) is 72.5 Å². The molecule has 0 saturated carbocycles. The first-order valence-electron chi connectivity index (χ1n) is 5.82. The predicted molar refractivity (Wildman–Crippen MR) is 67.9 cm³/mol. The van der Waals surface area contributed by atoms with Gasteiger partial charge >= 0.3 is 12.1 Å². The van der Waals surface area contributed by atoms with E-state index in [-0.39, 0.29) is 6.42 Å². The highest BCUT2D eigenvalue weighted by atomic mass is 32.2. The molecule has 118 valence electrons. The molecule has 0 aliphatic carbocycles. The van der Waals surface area contributed by atoms with Crippen LogP contribution in [0.5, 0.6) is 0 Å². The molecule has 9 heteroatoms. The van der Waals surface area contributed by atoms with E-state index in [4.69, 9.17) is 0 Å². The molecule has 0 heterocycles. The van der Waals surface area contributed by atoms with Crippen molar-refractivity contribution in [1.29, 1.82) is 0 Å². The third-order valence-electron chi connectivity index (χ3n) is 2.53. The fraction of sp³-hybridized carbons (Fsp3) is 0.417. The number of benzene rings is 1. The van der Waals surface area contributed by atoms with Crippen molar-refractivity contribution in [3.63, 3.8) is 0 Å². The summed E-state index contributed by atoms with van der Waals surface area (Å²) < 4.78 is 68.1. The Morgan fingerprint density at radius 3 is 2.52 bits per heavy atom. The van der Waals surface area contributed by atoms with Gasteiger partial charge in [-0.3, -0.25) is 4.79 Å². The van der Waals surface area contributed by atoms with Crippen molar-refractivity contribution in [1.82, 2.24) is 4.72 Å². The summed E-state index contributed by atoms with van der Waals surface area (Å²) in [6, 6.07) is 2.55. The van der Waals surface area contributed by atoms with Crippen molar-refractivity contribution >= 4 is 16.0 Å². The Hall–Kier alpha value is -1.61. The lowest BCUT2D eigenvalue weighted by Gasteiger charge is -2.14. The number of methoxy groups -OCH3 is 1. The fourth-order valence-corrected chi connectivity index (χ4v) is 2.84. The van der Waals surface area contributed by atoms with Crippen molar-refractivity contribution in [2.75, 3.05) is 7.11 Å². The van der Waals surface area contributed by atoms with Crippen LogP contribution in [-0.4, -0.2) is 27.5 Å². The lowest BCUT2D eigenvalue weighted by Crippen LogP contribution is -2.34. The first-order valence-corrected chi connectivity index (χ1v) is 7.31. The molecule has 0 saturated heterocycles. The van der Waals surface area contributed by atoms with Crippen LogP contribution >= 0.6 is 0 Å². The Labute approximate surface area is 120 Å². The number of rotatable bonds is 5. The van der Waals surface area contributed by atoms with Crippen molar-refractivity contribution in [3.8, 4) is 0 Å². The predicted octanol–water partition coefficient (Wildman–Crippen LogP) is 1.94. The van der Waals surface area contributed by atoms with Crippen molar-refractivity contribution in [3.05, 3.63) is 29.8 Å². The van der Waals surface area contributed by atoms with E-state index < -0.39 is 38.7 Å². The third-order valence-corrected chi connectivity index (χ3v) is 4.12. The molecule has 0 aliphatic rings. The van der Waals surface area contributed by atoms with Crippen LogP contribution in [0.3, 0.4) is 0 Å². The average Bonchev–Trinajstić information content (AvgIpc) is 2.37. The normalized spacial score (nSPS) is 13.8. The standard InChI is InChI=1S/C12H14F3NO4S/c1-8(6-11(17)20-2)16-21(18,19)10-5-3-4-9(7-10)12(13,14)15/h3-5,7-8,16H,6H2,1-2H3. The summed E-state index contributed by atoms with van der Waals surface area (Å²) in [4.78, 5) is 10.5. The number of nitrogens with one attached hydrogen (secondary N) is 1. The molecule has 1 rings (SSSR count). The van der Waals surface area contributed by atoms with Gasteiger partial charge in [0.05, 0.1) is 24.0 Å². The van der Waals surface area contributed by atoms with Gasteiger partial charge in [0, 0.05) is 6.04 Å². The molecule has 1 N–H and O–H groups in total. The SMILES string of the molecule is COC(=O)CC(C)NS(=O)(=O)c1cccc(C(F)(F)F)c1. The van der Waals surface area contributed by atoms with Gasteiger partial charge in [-0.1, -0.05) is 6.07 Å². The summed E-state index contributed by atoms with van der Waals surface area (Å²) in [7, 11) is -3.00. The van der Waals surface area contributed by atoms with Gasteiger partial charge in [-0.2, -0.15) is 13.2 Å². The number of hydrogen-bond acceptors (Lipinski definition) is 4. The number of esters is 1. The summed E-state index contributed by atoms with van der Waals surface area (Å²) in [5.41, 5.74) is -1.06. The van der Waals surface area contributed by atoms with Gasteiger partial charge in [0.15, 0.2) is 0 Å². The Bertz CT molecular complexity index is 613. The van der Waals surface area contributed by atoms with Crippen LogP contribution < -0.4 is 4.72 Å². The van der Waals surface area contributed by atoms with Crippen LogP contribution in [-0.2, 0) is 25.7 Å². The van der Waals surface area contributed by atoms with Gasteiger partial charge in [0.25, 0.3) is 0 Å². The van der Waals surface area contributed by atoms with E-state index >= 15 is 0 Å². The third kappa shape index (κ3) is 5.01. The molecule has 1 aromatic rings. The van der Waals surface area contributed by atoms with Crippen LogP contribution in [0.25, 0.3) is 0 Å². The molecular weight excluding hydrogens is 311 g/mol. The van der Waals surface area contributed by atoms with E-state index in [2.05, 4.69) is 9.46 Å². The number of carbonyl (C=O) groups excluding carboxylic acids is 1. The molecule has 0 spiro atoms. The highest BCUT2D eigenvalue weighted by molar-refractivity contribution is 7.89.